The molecule has 0 amide bonds. The first-order valence-corrected chi connectivity index (χ1v) is 9.68. The van der Waals surface area contributed by atoms with Crippen molar-refractivity contribution in [2.24, 2.45) is 0 Å². The summed E-state index contributed by atoms with van der Waals surface area (Å²) in [7, 11) is 1.63. The lowest BCUT2D eigenvalue weighted by Gasteiger charge is -2.23. The van der Waals surface area contributed by atoms with Crippen molar-refractivity contribution in [2.75, 3.05) is 7.11 Å². The highest BCUT2D eigenvalue weighted by atomic mass is 35.5. The van der Waals surface area contributed by atoms with Crippen LogP contribution < -0.4 is 4.74 Å². The molecule has 5 rings (SSSR count). The third kappa shape index (κ3) is 3.25. The van der Waals surface area contributed by atoms with Crippen LogP contribution in [0.3, 0.4) is 0 Å². The molecule has 0 unspecified atom stereocenters. The standard InChI is InChI=1S/C22H17ClN4O2/c1-29-17-8-4-14(5-9-17)21-25-22-24-19-10-15(13-2-6-16(23)7-3-13)11-20(28)18(19)12-27(22)26-21/h2-9,12,15H,10-11H2,1H3/t15-/m0/s1. The zero-order valence-corrected chi connectivity index (χ0v) is 16.4. The van der Waals surface area contributed by atoms with Gasteiger partial charge in [-0.2, -0.15) is 4.98 Å². The van der Waals surface area contributed by atoms with Crippen LogP contribution in [0.1, 0.15) is 34.0 Å². The van der Waals surface area contributed by atoms with E-state index in [2.05, 4.69) is 15.1 Å². The van der Waals surface area contributed by atoms with Crippen LogP contribution in [-0.4, -0.2) is 32.5 Å². The molecule has 0 N–H and O–H groups in total. The third-order valence-electron chi connectivity index (χ3n) is 5.27. The van der Waals surface area contributed by atoms with Crippen LogP contribution in [0.2, 0.25) is 5.02 Å². The Morgan fingerprint density at radius 3 is 2.52 bits per heavy atom. The van der Waals surface area contributed by atoms with Gasteiger partial charge < -0.3 is 4.74 Å². The van der Waals surface area contributed by atoms with Gasteiger partial charge in [-0.3, -0.25) is 4.79 Å². The number of fused-ring (bicyclic) bond motifs is 2. The smallest absolute Gasteiger partial charge is 0.252 e. The number of ketones is 1. The normalized spacial score (nSPS) is 16.1. The number of nitrogens with zero attached hydrogens (tertiary/aromatic N) is 4. The highest BCUT2D eigenvalue weighted by molar-refractivity contribution is 6.30. The van der Waals surface area contributed by atoms with Gasteiger partial charge in [0, 0.05) is 23.2 Å². The topological polar surface area (TPSA) is 69.4 Å². The summed E-state index contributed by atoms with van der Waals surface area (Å²) in [4.78, 5) is 22.0. The molecule has 0 aliphatic heterocycles. The fourth-order valence-corrected chi connectivity index (χ4v) is 3.84. The van der Waals surface area contributed by atoms with Crippen molar-refractivity contribution in [3.63, 3.8) is 0 Å². The Kier molecular flexibility index (Phi) is 4.28. The molecule has 0 bridgehead atoms. The fraction of sp³-hybridized carbons (Fsp3) is 0.182. The fourth-order valence-electron chi connectivity index (χ4n) is 3.72. The van der Waals surface area contributed by atoms with E-state index in [1.165, 1.54) is 0 Å². The Labute approximate surface area is 172 Å². The van der Waals surface area contributed by atoms with E-state index < -0.39 is 0 Å². The molecular formula is C22H17ClN4O2. The lowest BCUT2D eigenvalue weighted by molar-refractivity contribution is 0.0962. The number of carbonyl (C=O) groups excluding carboxylic acids is 1. The van der Waals surface area contributed by atoms with Crippen LogP contribution in [0.4, 0.5) is 0 Å². The summed E-state index contributed by atoms with van der Waals surface area (Å²) in [5, 5.41) is 5.19. The first-order chi connectivity index (χ1) is 14.1. The molecule has 0 fully saturated rings. The number of ether oxygens (including phenoxy) is 1. The van der Waals surface area contributed by atoms with E-state index in [-0.39, 0.29) is 11.7 Å². The van der Waals surface area contributed by atoms with Crippen LogP contribution in [0.5, 0.6) is 5.75 Å². The van der Waals surface area contributed by atoms with Crippen LogP contribution in [-0.2, 0) is 6.42 Å². The molecule has 4 aromatic rings. The summed E-state index contributed by atoms with van der Waals surface area (Å²) in [6.07, 6.45) is 2.88. The lowest BCUT2D eigenvalue weighted by atomic mass is 9.82. The Morgan fingerprint density at radius 1 is 1.03 bits per heavy atom. The lowest BCUT2D eigenvalue weighted by Crippen LogP contribution is -2.21. The van der Waals surface area contributed by atoms with E-state index in [1.807, 2.05) is 48.5 Å². The molecule has 0 saturated carbocycles. The van der Waals surface area contributed by atoms with Crippen LogP contribution in [0.15, 0.2) is 54.7 Å². The van der Waals surface area contributed by atoms with Crippen molar-refractivity contribution in [2.45, 2.75) is 18.8 Å². The maximum absolute atomic E-state index is 12.8. The van der Waals surface area contributed by atoms with Crippen molar-refractivity contribution in [1.29, 1.82) is 0 Å². The van der Waals surface area contributed by atoms with Gasteiger partial charge in [-0.05, 0) is 54.3 Å². The minimum Gasteiger partial charge on any atom is -0.497 e. The number of hydrogen-bond donors (Lipinski definition) is 0. The molecule has 7 heteroatoms. The maximum atomic E-state index is 12.8. The predicted molar refractivity (Wildman–Crippen MR) is 110 cm³/mol. The minimum atomic E-state index is 0.0714. The van der Waals surface area contributed by atoms with Crippen molar-refractivity contribution in [3.05, 3.63) is 76.6 Å². The average molecular weight is 405 g/mol. The van der Waals surface area contributed by atoms with Crippen LogP contribution >= 0.6 is 11.6 Å². The number of halogens is 1. The van der Waals surface area contributed by atoms with Gasteiger partial charge in [-0.1, -0.05) is 23.7 Å². The van der Waals surface area contributed by atoms with Crippen molar-refractivity contribution in [3.8, 4) is 17.1 Å². The van der Waals surface area contributed by atoms with Crippen molar-refractivity contribution < 1.29 is 9.53 Å². The van der Waals surface area contributed by atoms with Gasteiger partial charge in [0.05, 0.1) is 18.4 Å². The second-order valence-corrected chi connectivity index (χ2v) is 7.53. The van der Waals surface area contributed by atoms with Crippen molar-refractivity contribution >= 4 is 23.2 Å². The monoisotopic (exact) mass is 404 g/mol. The number of Topliss-reactive ketones (excluding diaryl/α,β-unsaturated/α-hetero) is 1. The summed E-state index contributed by atoms with van der Waals surface area (Å²) < 4.78 is 6.78. The quantitative estimate of drug-likeness (QED) is 0.507. The highest BCUT2D eigenvalue weighted by Gasteiger charge is 2.28. The van der Waals surface area contributed by atoms with Gasteiger partial charge >= 0.3 is 0 Å². The maximum Gasteiger partial charge on any atom is 0.252 e. The second kappa shape index (κ2) is 6.97. The van der Waals surface area contributed by atoms with E-state index in [0.29, 0.717) is 35.0 Å². The Balaban J connectivity index is 1.51. The summed E-state index contributed by atoms with van der Waals surface area (Å²) in [6.45, 7) is 0. The molecule has 0 radical (unpaired) electrons. The van der Waals surface area contributed by atoms with E-state index in [9.17, 15) is 4.79 Å². The summed E-state index contributed by atoms with van der Waals surface area (Å²) in [5.74, 6) is 1.97. The molecule has 2 aromatic heterocycles. The van der Waals surface area contributed by atoms with Gasteiger partial charge in [-0.25, -0.2) is 9.50 Å². The first-order valence-electron chi connectivity index (χ1n) is 9.30. The average Bonchev–Trinajstić information content (AvgIpc) is 3.16. The van der Waals surface area contributed by atoms with E-state index in [0.717, 1.165) is 22.6 Å². The number of aromatic nitrogens is 4. The molecule has 2 heterocycles. The van der Waals surface area contributed by atoms with Gasteiger partial charge in [0.25, 0.3) is 5.78 Å². The van der Waals surface area contributed by atoms with Gasteiger partial charge in [0.1, 0.15) is 5.75 Å². The Hall–Kier alpha value is -3.25. The molecule has 29 heavy (non-hydrogen) atoms. The molecular weight excluding hydrogens is 388 g/mol. The van der Waals surface area contributed by atoms with E-state index >= 15 is 0 Å². The van der Waals surface area contributed by atoms with Gasteiger partial charge in [-0.15, -0.1) is 5.10 Å². The Bertz CT molecular complexity index is 1220. The molecule has 6 nitrogen and oxygen atoms in total. The van der Waals surface area contributed by atoms with Crippen LogP contribution in [0, 0.1) is 0 Å². The number of hydrogen-bond acceptors (Lipinski definition) is 5. The van der Waals surface area contributed by atoms with Crippen molar-refractivity contribution in [1.82, 2.24) is 19.6 Å². The molecule has 1 atom stereocenters. The molecule has 144 valence electrons. The predicted octanol–water partition coefficient (Wildman–Crippen LogP) is 4.37. The Morgan fingerprint density at radius 2 is 1.79 bits per heavy atom. The van der Waals surface area contributed by atoms with Gasteiger partial charge in [0.2, 0.25) is 0 Å². The number of methoxy groups -OCH3 is 1. The minimum absolute atomic E-state index is 0.0714. The zero-order chi connectivity index (χ0) is 20.0. The summed E-state index contributed by atoms with van der Waals surface area (Å²) in [5.41, 5.74) is 3.34. The largest absolute Gasteiger partial charge is 0.497 e. The van der Waals surface area contributed by atoms with Gasteiger partial charge in [0.15, 0.2) is 11.6 Å². The molecule has 1 aliphatic carbocycles. The first kappa shape index (κ1) is 17.8. The molecule has 2 aromatic carbocycles. The SMILES string of the molecule is COc1ccc(-c2nc3nc4c(cn3n2)C(=O)C[C@@H](c2ccc(Cl)cc2)C4)cc1. The second-order valence-electron chi connectivity index (χ2n) is 7.09. The summed E-state index contributed by atoms with van der Waals surface area (Å²) >= 11 is 5.99. The molecule has 0 spiro atoms. The molecule has 0 saturated heterocycles. The van der Waals surface area contributed by atoms with E-state index in [1.54, 1.807) is 17.8 Å². The zero-order valence-electron chi connectivity index (χ0n) is 15.7. The number of carbonyl (C=O) groups is 1. The number of benzene rings is 2. The van der Waals surface area contributed by atoms with E-state index in [4.69, 9.17) is 16.3 Å². The molecule has 1 aliphatic rings. The van der Waals surface area contributed by atoms with Crippen LogP contribution in [0.25, 0.3) is 17.2 Å². The third-order valence-corrected chi connectivity index (χ3v) is 5.52. The highest BCUT2D eigenvalue weighted by Crippen LogP contribution is 2.32. The number of rotatable bonds is 3. The summed E-state index contributed by atoms with van der Waals surface area (Å²) in [6, 6.07) is 15.2.